The normalized spacial score (nSPS) is 10.0. The third kappa shape index (κ3) is 7.23. The van der Waals surface area contributed by atoms with Crippen LogP contribution < -0.4 is 5.32 Å². The second kappa shape index (κ2) is 9.94. The molecule has 0 heterocycles. The van der Waals surface area contributed by atoms with Crippen molar-refractivity contribution in [3.63, 3.8) is 0 Å². The molecule has 6 nitrogen and oxygen atoms in total. The van der Waals surface area contributed by atoms with Crippen molar-refractivity contribution in [3.05, 3.63) is 34.1 Å². The van der Waals surface area contributed by atoms with Crippen molar-refractivity contribution in [3.8, 4) is 0 Å². The van der Waals surface area contributed by atoms with Crippen molar-refractivity contribution in [2.24, 2.45) is 0 Å². The van der Waals surface area contributed by atoms with Crippen LogP contribution >= 0.6 is 15.9 Å². The fourth-order valence-electron chi connectivity index (χ4n) is 1.61. The standard InChI is InChI=1S/C15H17BrFNO5/c1-2-22-14(20)4-3-7-18-13(19)9-23-15(21)11-8-10(16)5-6-12(11)17/h5-6,8H,2-4,7,9H2,1H3,(H,18,19). The summed E-state index contributed by atoms with van der Waals surface area (Å²) >= 11 is 3.12. The van der Waals surface area contributed by atoms with Crippen molar-refractivity contribution in [2.45, 2.75) is 19.8 Å². The SMILES string of the molecule is CCOC(=O)CCCNC(=O)COC(=O)c1cc(Br)ccc1F. The molecule has 0 aliphatic rings. The second-order valence-corrected chi connectivity index (χ2v) is 5.37. The maximum Gasteiger partial charge on any atom is 0.341 e. The number of amides is 1. The summed E-state index contributed by atoms with van der Waals surface area (Å²) < 4.78 is 23.5. The van der Waals surface area contributed by atoms with Crippen LogP contribution in [0.4, 0.5) is 4.39 Å². The number of rotatable bonds is 8. The number of nitrogens with one attached hydrogen (secondary N) is 1. The van der Waals surface area contributed by atoms with Gasteiger partial charge in [-0.15, -0.1) is 0 Å². The molecule has 1 aromatic rings. The average molecular weight is 390 g/mol. The van der Waals surface area contributed by atoms with Crippen LogP contribution in [0.25, 0.3) is 0 Å². The molecule has 0 aliphatic heterocycles. The van der Waals surface area contributed by atoms with Crippen LogP contribution in [0.2, 0.25) is 0 Å². The first-order valence-electron chi connectivity index (χ1n) is 6.98. The molecule has 0 saturated heterocycles. The molecule has 0 saturated carbocycles. The first kappa shape index (κ1) is 19.1. The van der Waals surface area contributed by atoms with E-state index in [0.29, 0.717) is 17.5 Å². The molecule has 0 atom stereocenters. The minimum atomic E-state index is -0.925. The molecule has 0 bridgehead atoms. The molecule has 0 fully saturated rings. The Morgan fingerprint density at radius 3 is 2.70 bits per heavy atom. The molecule has 1 rings (SSSR count). The Labute approximate surface area is 141 Å². The first-order valence-corrected chi connectivity index (χ1v) is 7.77. The maximum atomic E-state index is 13.5. The zero-order chi connectivity index (χ0) is 17.2. The van der Waals surface area contributed by atoms with E-state index >= 15 is 0 Å². The van der Waals surface area contributed by atoms with Gasteiger partial charge in [0, 0.05) is 17.4 Å². The highest BCUT2D eigenvalue weighted by Gasteiger charge is 2.15. The quantitative estimate of drug-likeness (QED) is 0.544. The van der Waals surface area contributed by atoms with Gasteiger partial charge >= 0.3 is 11.9 Å². The summed E-state index contributed by atoms with van der Waals surface area (Å²) in [6.07, 6.45) is 0.607. The lowest BCUT2D eigenvalue weighted by atomic mass is 10.2. The largest absolute Gasteiger partial charge is 0.466 e. The number of hydrogen-bond donors (Lipinski definition) is 1. The number of carbonyl (C=O) groups excluding carboxylic acids is 3. The Kier molecular flexibility index (Phi) is 8.25. The highest BCUT2D eigenvalue weighted by atomic mass is 79.9. The number of hydrogen-bond acceptors (Lipinski definition) is 5. The van der Waals surface area contributed by atoms with Crippen molar-refractivity contribution in [1.82, 2.24) is 5.32 Å². The van der Waals surface area contributed by atoms with Crippen molar-refractivity contribution >= 4 is 33.8 Å². The molecular weight excluding hydrogens is 373 g/mol. The molecule has 8 heteroatoms. The van der Waals surface area contributed by atoms with Gasteiger partial charge in [0.25, 0.3) is 5.91 Å². The van der Waals surface area contributed by atoms with Crippen molar-refractivity contribution in [1.29, 1.82) is 0 Å². The molecule has 0 aliphatic carbocycles. The van der Waals surface area contributed by atoms with E-state index in [2.05, 4.69) is 21.2 Å². The van der Waals surface area contributed by atoms with Crippen LogP contribution in [0, 0.1) is 5.82 Å². The van der Waals surface area contributed by atoms with Crippen LogP contribution in [0.5, 0.6) is 0 Å². The minimum Gasteiger partial charge on any atom is -0.466 e. The molecule has 0 radical (unpaired) electrons. The Bertz CT molecular complexity index is 579. The predicted octanol–water partition coefficient (Wildman–Crippen LogP) is 2.20. The molecule has 0 unspecified atom stereocenters. The third-order valence-corrected chi connectivity index (χ3v) is 3.16. The number of ether oxygens (including phenoxy) is 2. The summed E-state index contributed by atoms with van der Waals surface area (Å²) in [6, 6.07) is 3.84. The molecule has 1 N–H and O–H groups in total. The number of esters is 2. The topological polar surface area (TPSA) is 81.7 Å². The summed E-state index contributed by atoms with van der Waals surface area (Å²) in [6.45, 7) is 1.75. The Hall–Kier alpha value is -1.96. The van der Waals surface area contributed by atoms with E-state index in [0.717, 1.165) is 6.07 Å². The zero-order valence-electron chi connectivity index (χ0n) is 12.6. The van der Waals surface area contributed by atoms with E-state index in [1.54, 1.807) is 6.92 Å². The summed E-state index contributed by atoms with van der Waals surface area (Å²) in [5, 5.41) is 2.49. The van der Waals surface area contributed by atoms with E-state index in [1.807, 2.05) is 0 Å². The average Bonchev–Trinajstić information content (AvgIpc) is 2.52. The summed E-state index contributed by atoms with van der Waals surface area (Å²) in [5.74, 6) is -2.52. The lowest BCUT2D eigenvalue weighted by Gasteiger charge is -2.07. The van der Waals surface area contributed by atoms with E-state index in [1.165, 1.54) is 12.1 Å². The van der Waals surface area contributed by atoms with E-state index in [-0.39, 0.29) is 24.5 Å². The van der Waals surface area contributed by atoms with Gasteiger partial charge in [-0.2, -0.15) is 0 Å². The zero-order valence-corrected chi connectivity index (χ0v) is 14.2. The fourth-order valence-corrected chi connectivity index (χ4v) is 1.97. The molecule has 0 aromatic heterocycles. The summed E-state index contributed by atoms with van der Waals surface area (Å²) in [7, 11) is 0. The minimum absolute atomic E-state index is 0.192. The number of halogens is 2. The fraction of sp³-hybridized carbons (Fsp3) is 0.400. The van der Waals surface area contributed by atoms with Crippen LogP contribution in [0.1, 0.15) is 30.1 Å². The van der Waals surface area contributed by atoms with Gasteiger partial charge in [-0.1, -0.05) is 15.9 Å². The highest BCUT2D eigenvalue weighted by molar-refractivity contribution is 9.10. The van der Waals surface area contributed by atoms with E-state index < -0.39 is 24.3 Å². The Balaban J connectivity index is 2.29. The van der Waals surface area contributed by atoms with Gasteiger partial charge in [0.1, 0.15) is 5.82 Å². The second-order valence-electron chi connectivity index (χ2n) is 4.46. The highest BCUT2D eigenvalue weighted by Crippen LogP contribution is 2.16. The summed E-state index contributed by atoms with van der Waals surface area (Å²) in [5.41, 5.74) is -0.255. The Morgan fingerprint density at radius 1 is 1.26 bits per heavy atom. The molecule has 23 heavy (non-hydrogen) atoms. The van der Waals surface area contributed by atoms with Gasteiger partial charge in [-0.05, 0) is 31.5 Å². The summed E-state index contributed by atoms with van der Waals surface area (Å²) in [4.78, 5) is 34.3. The molecule has 1 aromatic carbocycles. The van der Waals surface area contributed by atoms with Crippen molar-refractivity contribution < 1.29 is 28.2 Å². The van der Waals surface area contributed by atoms with Crippen molar-refractivity contribution in [2.75, 3.05) is 19.8 Å². The smallest absolute Gasteiger partial charge is 0.341 e. The van der Waals surface area contributed by atoms with Gasteiger partial charge in [0.15, 0.2) is 6.61 Å². The monoisotopic (exact) mass is 389 g/mol. The van der Waals surface area contributed by atoms with Gasteiger partial charge in [-0.25, -0.2) is 9.18 Å². The van der Waals surface area contributed by atoms with Crippen LogP contribution in [-0.2, 0) is 19.1 Å². The lowest BCUT2D eigenvalue weighted by molar-refractivity contribution is -0.143. The van der Waals surface area contributed by atoms with Crippen LogP contribution in [0.15, 0.2) is 22.7 Å². The third-order valence-electron chi connectivity index (χ3n) is 2.67. The molecular formula is C15H17BrFNO5. The first-order chi connectivity index (χ1) is 10.9. The predicted molar refractivity (Wildman–Crippen MR) is 83.3 cm³/mol. The number of benzene rings is 1. The van der Waals surface area contributed by atoms with Crippen LogP contribution in [0.3, 0.4) is 0 Å². The molecule has 0 spiro atoms. The lowest BCUT2D eigenvalue weighted by Crippen LogP contribution is -2.30. The van der Waals surface area contributed by atoms with Gasteiger partial charge < -0.3 is 14.8 Å². The van der Waals surface area contributed by atoms with Gasteiger partial charge in [0.05, 0.1) is 12.2 Å². The maximum absolute atomic E-state index is 13.5. The van der Waals surface area contributed by atoms with Gasteiger partial charge in [-0.3, -0.25) is 9.59 Å². The van der Waals surface area contributed by atoms with Crippen LogP contribution in [-0.4, -0.2) is 37.6 Å². The van der Waals surface area contributed by atoms with E-state index in [4.69, 9.17) is 9.47 Å². The Morgan fingerprint density at radius 2 is 2.00 bits per heavy atom. The van der Waals surface area contributed by atoms with Gasteiger partial charge in [0.2, 0.25) is 0 Å². The molecule has 1 amide bonds. The van der Waals surface area contributed by atoms with E-state index in [9.17, 15) is 18.8 Å². The molecule has 126 valence electrons. The number of carbonyl (C=O) groups is 3.